The normalized spacial score (nSPS) is 11.4. The number of ether oxygens (including phenoxy) is 1. The first-order chi connectivity index (χ1) is 8.94. The van der Waals surface area contributed by atoms with Crippen molar-refractivity contribution >= 4 is 5.82 Å². The molecule has 0 fully saturated rings. The maximum Gasteiger partial charge on any atom is 0.573 e. The molecule has 0 saturated carbocycles. The molecule has 1 aromatic heterocycles. The predicted octanol–water partition coefficient (Wildman–Crippen LogP) is 2.93. The summed E-state index contributed by atoms with van der Waals surface area (Å²) in [6.45, 7) is 0.198. The van der Waals surface area contributed by atoms with Gasteiger partial charge in [-0.2, -0.15) is 5.10 Å². The van der Waals surface area contributed by atoms with Gasteiger partial charge in [-0.25, -0.2) is 0 Å². The lowest BCUT2D eigenvalue weighted by Crippen LogP contribution is -2.18. The van der Waals surface area contributed by atoms with E-state index in [4.69, 9.17) is 0 Å². The standard InChI is InChI=1S/C12H12F3N3O/c1-18-7-6-11(17-18)16-8-9-4-2-3-5-10(9)19-12(13,14)15/h2-7H,8H2,1H3,(H,16,17). The molecule has 0 atom stereocenters. The van der Waals surface area contributed by atoms with Crippen molar-refractivity contribution in [3.8, 4) is 5.75 Å². The van der Waals surface area contributed by atoms with Crippen LogP contribution in [0.25, 0.3) is 0 Å². The molecule has 2 aromatic rings. The fraction of sp³-hybridized carbons (Fsp3) is 0.250. The van der Waals surface area contributed by atoms with Gasteiger partial charge in [-0.15, -0.1) is 13.2 Å². The summed E-state index contributed by atoms with van der Waals surface area (Å²) in [7, 11) is 1.76. The quantitative estimate of drug-likeness (QED) is 0.929. The fourth-order valence-electron chi connectivity index (χ4n) is 1.57. The van der Waals surface area contributed by atoms with Crippen molar-refractivity contribution in [2.45, 2.75) is 12.9 Å². The van der Waals surface area contributed by atoms with Crippen LogP contribution in [0.1, 0.15) is 5.56 Å². The zero-order valence-corrected chi connectivity index (χ0v) is 10.1. The Morgan fingerprint density at radius 3 is 2.63 bits per heavy atom. The van der Waals surface area contributed by atoms with E-state index < -0.39 is 6.36 Å². The van der Waals surface area contributed by atoms with Crippen LogP contribution in [-0.4, -0.2) is 16.1 Å². The van der Waals surface area contributed by atoms with E-state index in [2.05, 4.69) is 15.2 Å². The van der Waals surface area contributed by atoms with Gasteiger partial charge in [-0.3, -0.25) is 4.68 Å². The number of nitrogens with zero attached hydrogens (tertiary/aromatic N) is 2. The Hall–Kier alpha value is -2.18. The van der Waals surface area contributed by atoms with Gasteiger partial charge in [-0.1, -0.05) is 18.2 Å². The topological polar surface area (TPSA) is 39.1 Å². The third kappa shape index (κ3) is 3.90. The molecule has 0 spiro atoms. The largest absolute Gasteiger partial charge is 0.573 e. The van der Waals surface area contributed by atoms with E-state index in [0.717, 1.165) is 0 Å². The molecule has 102 valence electrons. The van der Waals surface area contributed by atoms with Crippen molar-refractivity contribution in [1.29, 1.82) is 0 Å². The Morgan fingerprint density at radius 1 is 1.26 bits per heavy atom. The summed E-state index contributed by atoms with van der Waals surface area (Å²) in [5.74, 6) is 0.378. The van der Waals surface area contributed by atoms with Gasteiger partial charge in [0.05, 0.1) is 0 Å². The minimum absolute atomic E-state index is 0.198. The third-order valence-corrected chi connectivity index (χ3v) is 2.37. The predicted molar refractivity (Wildman–Crippen MR) is 63.7 cm³/mol. The first kappa shape index (κ1) is 13.3. The Balaban J connectivity index is 2.07. The molecule has 1 N–H and O–H groups in total. The smallest absolute Gasteiger partial charge is 0.405 e. The van der Waals surface area contributed by atoms with Gasteiger partial charge in [0.15, 0.2) is 0 Å². The number of nitrogens with one attached hydrogen (secondary N) is 1. The van der Waals surface area contributed by atoms with Gasteiger partial charge in [-0.05, 0) is 6.07 Å². The van der Waals surface area contributed by atoms with Crippen molar-refractivity contribution in [2.24, 2.45) is 7.05 Å². The van der Waals surface area contributed by atoms with Crippen LogP contribution >= 0.6 is 0 Å². The molecular weight excluding hydrogens is 259 g/mol. The van der Waals surface area contributed by atoms with E-state index >= 15 is 0 Å². The number of hydrogen-bond donors (Lipinski definition) is 1. The molecule has 0 bridgehead atoms. The SMILES string of the molecule is Cn1ccc(NCc2ccccc2OC(F)(F)F)n1. The number of rotatable bonds is 4. The minimum Gasteiger partial charge on any atom is -0.405 e. The highest BCUT2D eigenvalue weighted by Crippen LogP contribution is 2.26. The summed E-state index contributed by atoms with van der Waals surface area (Å²) in [5.41, 5.74) is 0.408. The lowest BCUT2D eigenvalue weighted by atomic mass is 10.2. The lowest BCUT2D eigenvalue weighted by molar-refractivity contribution is -0.274. The van der Waals surface area contributed by atoms with Crippen LogP contribution in [0.5, 0.6) is 5.75 Å². The summed E-state index contributed by atoms with van der Waals surface area (Å²) >= 11 is 0. The molecule has 2 rings (SSSR count). The Morgan fingerprint density at radius 2 is 2.00 bits per heavy atom. The molecule has 19 heavy (non-hydrogen) atoms. The van der Waals surface area contributed by atoms with E-state index in [0.29, 0.717) is 11.4 Å². The van der Waals surface area contributed by atoms with Crippen LogP contribution < -0.4 is 10.1 Å². The van der Waals surface area contributed by atoms with Crippen LogP contribution in [-0.2, 0) is 13.6 Å². The van der Waals surface area contributed by atoms with E-state index in [-0.39, 0.29) is 12.3 Å². The summed E-state index contributed by atoms with van der Waals surface area (Å²) < 4.78 is 42.2. The molecular formula is C12H12F3N3O. The molecule has 0 radical (unpaired) electrons. The van der Waals surface area contributed by atoms with E-state index in [1.807, 2.05) is 0 Å². The van der Waals surface area contributed by atoms with Gasteiger partial charge in [0.2, 0.25) is 0 Å². The number of anilines is 1. The first-order valence-electron chi connectivity index (χ1n) is 5.51. The molecule has 0 aliphatic rings. The van der Waals surface area contributed by atoms with Crippen molar-refractivity contribution in [3.63, 3.8) is 0 Å². The molecule has 0 amide bonds. The molecule has 0 unspecified atom stereocenters. The third-order valence-electron chi connectivity index (χ3n) is 2.37. The Labute approximate surface area is 107 Å². The van der Waals surface area contributed by atoms with Gasteiger partial charge in [0, 0.05) is 31.4 Å². The van der Waals surface area contributed by atoms with Crippen LogP contribution in [0.4, 0.5) is 19.0 Å². The summed E-state index contributed by atoms with van der Waals surface area (Å²) in [6.07, 6.45) is -2.96. The molecule has 0 aliphatic carbocycles. The number of halogens is 3. The van der Waals surface area contributed by atoms with Gasteiger partial charge >= 0.3 is 6.36 Å². The monoisotopic (exact) mass is 271 g/mol. The molecule has 7 heteroatoms. The zero-order chi connectivity index (χ0) is 13.9. The molecule has 0 saturated heterocycles. The maximum atomic E-state index is 12.2. The van der Waals surface area contributed by atoms with Crippen molar-refractivity contribution in [3.05, 3.63) is 42.1 Å². The summed E-state index contributed by atoms with van der Waals surface area (Å²) in [6, 6.07) is 7.72. The zero-order valence-electron chi connectivity index (χ0n) is 10.1. The van der Waals surface area contributed by atoms with Crippen LogP contribution in [0, 0.1) is 0 Å². The van der Waals surface area contributed by atoms with E-state index in [1.54, 1.807) is 36.1 Å². The van der Waals surface area contributed by atoms with Crippen LogP contribution in [0.3, 0.4) is 0 Å². The van der Waals surface area contributed by atoms with Crippen LogP contribution in [0.15, 0.2) is 36.5 Å². The second kappa shape index (κ2) is 5.21. The highest BCUT2D eigenvalue weighted by atomic mass is 19.4. The van der Waals surface area contributed by atoms with Gasteiger partial charge in [0.1, 0.15) is 11.6 Å². The molecule has 1 aromatic carbocycles. The number of para-hydroxylation sites is 1. The Bertz CT molecular complexity index is 551. The van der Waals surface area contributed by atoms with Crippen molar-refractivity contribution in [1.82, 2.24) is 9.78 Å². The average Bonchev–Trinajstić information content (AvgIpc) is 2.72. The summed E-state index contributed by atoms with van der Waals surface area (Å²) in [4.78, 5) is 0. The number of aryl methyl sites for hydroxylation is 1. The summed E-state index contributed by atoms with van der Waals surface area (Å²) in [5, 5.41) is 7.00. The maximum absolute atomic E-state index is 12.2. The molecule has 0 aliphatic heterocycles. The number of aromatic nitrogens is 2. The van der Waals surface area contributed by atoms with Crippen LogP contribution in [0.2, 0.25) is 0 Å². The molecule has 1 heterocycles. The van der Waals surface area contributed by atoms with Crippen molar-refractivity contribution in [2.75, 3.05) is 5.32 Å². The Kier molecular flexibility index (Phi) is 3.64. The fourth-order valence-corrected chi connectivity index (χ4v) is 1.57. The van der Waals surface area contributed by atoms with E-state index in [9.17, 15) is 13.2 Å². The van der Waals surface area contributed by atoms with Gasteiger partial charge < -0.3 is 10.1 Å². The van der Waals surface area contributed by atoms with E-state index in [1.165, 1.54) is 12.1 Å². The second-order valence-corrected chi connectivity index (χ2v) is 3.88. The minimum atomic E-state index is -4.69. The highest BCUT2D eigenvalue weighted by Gasteiger charge is 2.31. The average molecular weight is 271 g/mol. The first-order valence-corrected chi connectivity index (χ1v) is 5.51. The second-order valence-electron chi connectivity index (χ2n) is 3.88. The van der Waals surface area contributed by atoms with Gasteiger partial charge in [0.25, 0.3) is 0 Å². The lowest BCUT2D eigenvalue weighted by Gasteiger charge is -2.13. The van der Waals surface area contributed by atoms with Crippen molar-refractivity contribution < 1.29 is 17.9 Å². The number of hydrogen-bond acceptors (Lipinski definition) is 3. The number of benzene rings is 1. The molecule has 4 nitrogen and oxygen atoms in total. The highest BCUT2D eigenvalue weighted by molar-refractivity contribution is 5.39. The number of alkyl halides is 3.